The Morgan fingerprint density at radius 3 is 1.91 bits per heavy atom. The van der Waals surface area contributed by atoms with Gasteiger partial charge < -0.3 is 16.0 Å². The van der Waals surface area contributed by atoms with Gasteiger partial charge in [-0.2, -0.15) is 0 Å². The smallest absolute Gasteiger partial charge is 0.243 e. The van der Waals surface area contributed by atoms with Crippen molar-refractivity contribution in [2.75, 3.05) is 0 Å². The lowest BCUT2D eigenvalue weighted by Gasteiger charge is -2.46. The number of carbonyl (C=O) groups excluding carboxylic acids is 2. The molecule has 0 radical (unpaired) electrons. The molecule has 1 saturated heterocycles. The van der Waals surface area contributed by atoms with Gasteiger partial charge in [0.15, 0.2) is 0 Å². The highest BCUT2D eigenvalue weighted by Gasteiger charge is 2.39. The highest BCUT2D eigenvalue weighted by molar-refractivity contribution is 5.91. The van der Waals surface area contributed by atoms with Gasteiger partial charge in [-0.05, 0) is 81.3 Å². The molecule has 5 rings (SSSR count). The predicted octanol–water partition coefficient (Wildman–Crippen LogP) is 7.42. The molecular weight excluding hydrogens is 561 g/mol. The molecule has 2 amide bonds. The number of amides is 2. The van der Waals surface area contributed by atoms with Crippen molar-refractivity contribution in [1.29, 1.82) is 0 Å². The lowest BCUT2D eigenvalue weighted by atomic mass is 9.79. The summed E-state index contributed by atoms with van der Waals surface area (Å²) >= 11 is 0. The van der Waals surface area contributed by atoms with Crippen molar-refractivity contribution in [3.63, 3.8) is 0 Å². The third-order valence-corrected chi connectivity index (χ3v) is 8.64. The van der Waals surface area contributed by atoms with Crippen molar-refractivity contribution in [2.24, 2.45) is 0 Å². The Balaban J connectivity index is 1.35. The molecule has 234 valence electrons. The second-order valence-corrected chi connectivity index (χ2v) is 13.7. The van der Waals surface area contributed by atoms with Gasteiger partial charge in [-0.25, -0.2) is 4.39 Å². The van der Waals surface area contributed by atoms with Crippen LogP contribution in [0.5, 0.6) is 0 Å². The van der Waals surface area contributed by atoms with E-state index in [4.69, 9.17) is 0 Å². The van der Waals surface area contributed by atoms with Gasteiger partial charge in [0.25, 0.3) is 0 Å². The van der Waals surface area contributed by atoms with Crippen molar-refractivity contribution in [1.82, 2.24) is 16.0 Å². The molecule has 45 heavy (non-hydrogen) atoms. The van der Waals surface area contributed by atoms with Gasteiger partial charge in [-0.3, -0.25) is 9.59 Å². The van der Waals surface area contributed by atoms with Crippen molar-refractivity contribution in [2.45, 2.75) is 83.0 Å². The van der Waals surface area contributed by atoms with E-state index in [-0.39, 0.29) is 34.8 Å². The fourth-order valence-electron chi connectivity index (χ4n) is 6.74. The number of nitrogens with one attached hydrogen (secondary N) is 3. The second kappa shape index (κ2) is 13.4. The van der Waals surface area contributed by atoms with Crippen LogP contribution in [0.25, 0.3) is 22.3 Å². The van der Waals surface area contributed by atoms with Crippen molar-refractivity contribution in [3.8, 4) is 22.3 Å². The maximum absolute atomic E-state index is 15.2. The number of hydrogen-bond donors (Lipinski definition) is 3. The molecule has 5 nitrogen and oxygen atoms in total. The van der Waals surface area contributed by atoms with Crippen LogP contribution in [0.15, 0.2) is 103 Å². The quantitative estimate of drug-likeness (QED) is 0.186. The first kappa shape index (κ1) is 32.1. The summed E-state index contributed by atoms with van der Waals surface area (Å²) in [5, 5.41) is 9.93. The normalized spacial score (nSPS) is 17.2. The number of hydrogen-bond acceptors (Lipinski definition) is 3. The molecule has 0 aromatic heterocycles. The van der Waals surface area contributed by atoms with Crippen LogP contribution in [0.3, 0.4) is 0 Å². The molecule has 0 saturated carbocycles. The van der Waals surface area contributed by atoms with Crippen LogP contribution in [-0.2, 0) is 16.0 Å². The minimum Gasteiger partial charge on any atom is -0.351 e. The van der Waals surface area contributed by atoms with Crippen LogP contribution in [-0.4, -0.2) is 35.0 Å². The van der Waals surface area contributed by atoms with E-state index in [1.165, 1.54) is 6.07 Å². The molecule has 0 spiro atoms. The fraction of sp³-hybridized carbons (Fsp3) is 0.333. The monoisotopic (exact) mass is 605 g/mol. The first-order chi connectivity index (χ1) is 21.4. The molecule has 0 aliphatic carbocycles. The Morgan fingerprint density at radius 1 is 0.778 bits per heavy atom. The van der Waals surface area contributed by atoms with Crippen LogP contribution in [0.4, 0.5) is 4.39 Å². The van der Waals surface area contributed by atoms with Crippen molar-refractivity contribution in [3.05, 3.63) is 120 Å². The summed E-state index contributed by atoms with van der Waals surface area (Å²) in [6.07, 6.45) is 1.88. The Bertz CT molecular complexity index is 1600. The Hall–Kier alpha value is -4.29. The minimum atomic E-state index is -0.794. The molecule has 1 aliphatic rings. The molecule has 1 aliphatic heterocycles. The summed E-state index contributed by atoms with van der Waals surface area (Å²) in [6.45, 7) is 10.3. The Labute approximate surface area is 266 Å². The van der Waals surface area contributed by atoms with Crippen molar-refractivity contribution >= 4 is 11.8 Å². The molecule has 1 heterocycles. The predicted molar refractivity (Wildman–Crippen MR) is 180 cm³/mol. The summed E-state index contributed by atoms with van der Waals surface area (Å²) in [4.78, 5) is 27.5. The van der Waals surface area contributed by atoms with Gasteiger partial charge in [-0.15, -0.1) is 0 Å². The Morgan fingerprint density at radius 2 is 1.33 bits per heavy atom. The molecule has 4 aromatic carbocycles. The lowest BCUT2D eigenvalue weighted by molar-refractivity contribution is -0.130. The van der Waals surface area contributed by atoms with Gasteiger partial charge in [0.1, 0.15) is 11.9 Å². The van der Waals surface area contributed by atoms with Gasteiger partial charge in [-0.1, -0.05) is 97.1 Å². The number of piperidine rings is 1. The zero-order valence-electron chi connectivity index (χ0n) is 26.9. The minimum absolute atomic E-state index is 0.0411. The number of carbonyl (C=O) groups is 2. The molecule has 6 heteroatoms. The van der Waals surface area contributed by atoms with Crippen LogP contribution in [0, 0.1) is 5.82 Å². The van der Waals surface area contributed by atoms with E-state index in [0.717, 1.165) is 35.1 Å². The zero-order valence-corrected chi connectivity index (χ0v) is 26.9. The summed E-state index contributed by atoms with van der Waals surface area (Å²) in [7, 11) is 0. The van der Waals surface area contributed by atoms with E-state index in [1.54, 1.807) is 19.1 Å². The van der Waals surface area contributed by atoms with Gasteiger partial charge in [0.05, 0.1) is 5.92 Å². The molecule has 1 fully saturated rings. The first-order valence-corrected chi connectivity index (χ1v) is 15.8. The van der Waals surface area contributed by atoms with E-state index in [2.05, 4.69) is 55.8 Å². The largest absolute Gasteiger partial charge is 0.351 e. The van der Waals surface area contributed by atoms with E-state index in [1.807, 2.05) is 72.8 Å². The first-order valence-electron chi connectivity index (χ1n) is 15.8. The van der Waals surface area contributed by atoms with Gasteiger partial charge in [0, 0.05) is 29.1 Å². The molecule has 1 unspecified atom stereocenters. The number of halogens is 1. The van der Waals surface area contributed by atoms with Gasteiger partial charge >= 0.3 is 0 Å². The highest BCUT2D eigenvalue weighted by Crippen LogP contribution is 2.29. The molecular formula is C39H44FN3O2. The van der Waals surface area contributed by atoms with Crippen LogP contribution in [0.1, 0.15) is 64.5 Å². The SMILES string of the molecule is CC(C(=O)N[C@@H](Cc1ccc(-c2ccccc2)cc1)C(=O)NC1CC(C)(C)NC(C)(C)C1)c1ccc(-c2ccccc2)c(F)c1. The molecule has 4 aromatic rings. The summed E-state index contributed by atoms with van der Waals surface area (Å²) in [5.74, 6) is -1.58. The zero-order chi connectivity index (χ0) is 32.2. The third kappa shape index (κ3) is 8.25. The third-order valence-electron chi connectivity index (χ3n) is 8.64. The van der Waals surface area contributed by atoms with E-state index >= 15 is 4.39 Å². The molecule has 2 atom stereocenters. The van der Waals surface area contributed by atoms with E-state index in [0.29, 0.717) is 17.5 Å². The maximum Gasteiger partial charge on any atom is 0.243 e. The highest BCUT2D eigenvalue weighted by atomic mass is 19.1. The van der Waals surface area contributed by atoms with Gasteiger partial charge in [0.2, 0.25) is 11.8 Å². The number of benzene rings is 4. The summed E-state index contributed by atoms with van der Waals surface area (Å²) < 4.78 is 15.2. The Kier molecular flexibility index (Phi) is 9.54. The number of rotatable bonds is 9. The average Bonchev–Trinajstić information content (AvgIpc) is 3.00. The van der Waals surface area contributed by atoms with Crippen LogP contribution < -0.4 is 16.0 Å². The summed E-state index contributed by atoms with van der Waals surface area (Å²) in [6, 6.07) is 31.6. The lowest BCUT2D eigenvalue weighted by Crippen LogP contribution is -2.63. The molecule has 3 N–H and O–H groups in total. The van der Waals surface area contributed by atoms with Crippen LogP contribution in [0.2, 0.25) is 0 Å². The second-order valence-electron chi connectivity index (χ2n) is 13.7. The standard InChI is InChI=1S/C39H44FN3O2/c1-26(31-20-21-33(34(40)23-31)30-14-10-7-11-15-30)36(44)42-35(37(45)41-32-24-38(2,3)43-39(4,5)25-32)22-27-16-18-29(19-17-27)28-12-8-6-9-13-28/h6-21,23,26,32,35,43H,22,24-25H2,1-5H3,(H,41,45)(H,42,44)/t26?,35-/m0/s1. The fourth-order valence-corrected chi connectivity index (χ4v) is 6.74. The van der Waals surface area contributed by atoms with Crippen molar-refractivity contribution < 1.29 is 14.0 Å². The molecule has 0 bridgehead atoms. The van der Waals surface area contributed by atoms with E-state index in [9.17, 15) is 9.59 Å². The maximum atomic E-state index is 15.2. The summed E-state index contributed by atoms with van der Waals surface area (Å²) in [5.41, 5.74) is 4.66. The van der Waals surface area contributed by atoms with E-state index < -0.39 is 12.0 Å². The van der Waals surface area contributed by atoms with Crippen LogP contribution >= 0.6 is 0 Å². The topological polar surface area (TPSA) is 70.2 Å². The average molecular weight is 606 g/mol.